The van der Waals surface area contributed by atoms with Crippen molar-refractivity contribution in [3.05, 3.63) is 83.3 Å². The van der Waals surface area contributed by atoms with Gasteiger partial charge >= 0.3 is 0 Å². The van der Waals surface area contributed by atoms with Crippen molar-refractivity contribution < 1.29 is 22.4 Å². The SMILES string of the molecule is CN(c1cccc(Cl)c1)S(=O)(=O)c1cccc(C(=O)NCCCOCc2ccco2)c1. The van der Waals surface area contributed by atoms with Gasteiger partial charge in [0.1, 0.15) is 12.4 Å². The summed E-state index contributed by atoms with van der Waals surface area (Å²) in [7, 11) is -2.41. The van der Waals surface area contributed by atoms with Gasteiger partial charge in [-0.2, -0.15) is 0 Å². The second-order valence-corrected chi connectivity index (χ2v) is 9.13. The Hall–Kier alpha value is -2.81. The molecule has 31 heavy (non-hydrogen) atoms. The van der Waals surface area contributed by atoms with Gasteiger partial charge < -0.3 is 14.5 Å². The standard InChI is InChI=1S/C22H23ClN2O5S/c1-25(19-8-3-7-18(23)15-19)31(27,28)21-10-2-6-17(14-21)22(26)24-11-5-12-29-16-20-9-4-13-30-20/h2-4,6-10,13-15H,5,11-12,16H2,1H3,(H,24,26). The van der Waals surface area contributed by atoms with Crippen LogP contribution in [-0.4, -0.2) is 34.5 Å². The molecule has 1 N–H and O–H groups in total. The van der Waals surface area contributed by atoms with Crippen LogP contribution in [-0.2, 0) is 21.4 Å². The van der Waals surface area contributed by atoms with E-state index < -0.39 is 10.0 Å². The van der Waals surface area contributed by atoms with Gasteiger partial charge in [-0.1, -0.05) is 23.7 Å². The number of nitrogens with one attached hydrogen (secondary N) is 1. The van der Waals surface area contributed by atoms with Crippen molar-refractivity contribution in [2.75, 3.05) is 24.5 Å². The Bertz CT molecular complexity index is 1120. The van der Waals surface area contributed by atoms with Crippen LogP contribution in [0.25, 0.3) is 0 Å². The zero-order chi connectivity index (χ0) is 22.3. The number of anilines is 1. The lowest BCUT2D eigenvalue weighted by Gasteiger charge is -2.20. The van der Waals surface area contributed by atoms with E-state index in [2.05, 4.69) is 5.32 Å². The Balaban J connectivity index is 1.56. The normalized spacial score (nSPS) is 11.3. The molecule has 1 heterocycles. The summed E-state index contributed by atoms with van der Waals surface area (Å²) in [6.45, 7) is 1.23. The van der Waals surface area contributed by atoms with Gasteiger partial charge in [0.2, 0.25) is 0 Å². The highest BCUT2D eigenvalue weighted by Gasteiger charge is 2.22. The maximum absolute atomic E-state index is 13.0. The van der Waals surface area contributed by atoms with Crippen molar-refractivity contribution in [2.45, 2.75) is 17.9 Å². The molecule has 0 aliphatic heterocycles. The van der Waals surface area contributed by atoms with Crippen LogP contribution in [0.3, 0.4) is 0 Å². The number of rotatable bonds is 10. The topological polar surface area (TPSA) is 88.9 Å². The summed E-state index contributed by atoms with van der Waals surface area (Å²) in [6, 6.07) is 16.1. The molecule has 7 nitrogen and oxygen atoms in total. The van der Waals surface area contributed by atoms with E-state index in [0.29, 0.717) is 36.9 Å². The van der Waals surface area contributed by atoms with Crippen LogP contribution < -0.4 is 9.62 Å². The number of furan rings is 1. The van der Waals surface area contributed by atoms with Gasteiger partial charge in [-0.05, 0) is 55.0 Å². The smallest absolute Gasteiger partial charge is 0.264 e. The number of nitrogens with zero attached hydrogens (tertiary/aromatic N) is 1. The maximum atomic E-state index is 13.0. The molecule has 0 saturated carbocycles. The number of hydrogen-bond donors (Lipinski definition) is 1. The molecule has 3 rings (SSSR count). The van der Waals surface area contributed by atoms with Crippen LogP contribution in [0.15, 0.2) is 76.2 Å². The van der Waals surface area contributed by atoms with Gasteiger partial charge in [0, 0.05) is 30.8 Å². The highest BCUT2D eigenvalue weighted by molar-refractivity contribution is 7.92. The largest absolute Gasteiger partial charge is 0.467 e. The van der Waals surface area contributed by atoms with Crippen LogP contribution in [0.1, 0.15) is 22.5 Å². The predicted molar refractivity (Wildman–Crippen MR) is 119 cm³/mol. The molecule has 0 aliphatic rings. The molecule has 1 amide bonds. The number of carbonyl (C=O) groups excluding carboxylic acids is 1. The van der Waals surface area contributed by atoms with Gasteiger partial charge in [0.25, 0.3) is 15.9 Å². The van der Waals surface area contributed by atoms with Gasteiger partial charge in [-0.25, -0.2) is 8.42 Å². The van der Waals surface area contributed by atoms with E-state index in [-0.39, 0.29) is 16.4 Å². The van der Waals surface area contributed by atoms with Crippen LogP contribution >= 0.6 is 11.6 Å². The lowest BCUT2D eigenvalue weighted by Crippen LogP contribution is -2.28. The molecule has 0 radical (unpaired) electrons. The van der Waals surface area contributed by atoms with Gasteiger partial charge in [0.15, 0.2) is 0 Å². The van der Waals surface area contributed by atoms with E-state index >= 15 is 0 Å². The number of sulfonamides is 1. The third kappa shape index (κ3) is 6.10. The van der Waals surface area contributed by atoms with Crippen molar-refractivity contribution >= 4 is 33.2 Å². The Labute approximate surface area is 186 Å². The van der Waals surface area contributed by atoms with Crippen molar-refractivity contribution in [1.29, 1.82) is 0 Å². The van der Waals surface area contributed by atoms with Gasteiger partial charge in [-0.3, -0.25) is 9.10 Å². The molecule has 9 heteroatoms. The Kier molecular flexibility index (Phi) is 7.73. The number of halogens is 1. The van der Waals surface area contributed by atoms with E-state index in [0.717, 1.165) is 10.1 Å². The molecule has 0 fully saturated rings. The molecular formula is C22H23ClN2O5S. The third-order valence-corrected chi connectivity index (χ3v) is 6.52. The Morgan fingerprint density at radius 3 is 2.68 bits per heavy atom. The first-order valence-corrected chi connectivity index (χ1v) is 11.4. The van der Waals surface area contributed by atoms with Gasteiger partial charge in [-0.15, -0.1) is 0 Å². The third-order valence-electron chi connectivity index (χ3n) is 4.50. The average molecular weight is 463 g/mol. The highest BCUT2D eigenvalue weighted by Crippen LogP contribution is 2.25. The van der Waals surface area contributed by atoms with E-state index in [1.807, 2.05) is 6.07 Å². The summed E-state index contributed by atoms with van der Waals surface area (Å²) in [4.78, 5) is 12.5. The minimum absolute atomic E-state index is 0.0180. The summed E-state index contributed by atoms with van der Waals surface area (Å²) in [5.74, 6) is 0.387. The molecule has 0 bridgehead atoms. The Morgan fingerprint density at radius 2 is 1.94 bits per heavy atom. The number of carbonyl (C=O) groups is 1. The molecule has 0 spiro atoms. The molecular weight excluding hydrogens is 440 g/mol. The summed E-state index contributed by atoms with van der Waals surface area (Å²) >= 11 is 5.97. The zero-order valence-corrected chi connectivity index (χ0v) is 18.5. The lowest BCUT2D eigenvalue weighted by atomic mass is 10.2. The van der Waals surface area contributed by atoms with E-state index in [1.165, 1.54) is 19.2 Å². The van der Waals surface area contributed by atoms with Crippen LogP contribution in [0.4, 0.5) is 5.69 Å². The fraction of sp³-hybridized carbons (Fsp3) is 0.227. The van der Waals surface area contributed by atoms with Crippen LogP contribution in [0, 0.1) is 0 Å². The number of hydrogen-bond acceptors (Lipinski definition) is 5. The fourth-order valence-corrected chi connectivity index (χ4v) is 4.23. The quantitative estimate of drug-likeness (QED) is 0.458. The molecule has 164 valence electrons. The van der Waals surface area contributed by atoms with Gasteiger partial charge in [0.05, 0.1) is 16.8 Å². The van der Waals surface area contributed by atoms with Crippen molar-refractivity contribution in [2.24, 2.45) is 0 Å². The lowest BCUT2D eigenvalue weighted by molar-refractivity contribution is 0.0917. The van der Waals surface area contributed by atoms with Crippen molar-refractivity contribution in [1.82, 2.24) is 5.32 Å². The second-order valence-electron chi connectivity index (χ2n) is 6.72. The van der Waals surface area contributed by atoms with E-state index in [9.17, 15) is 13.2 Å². The van der Waals surface area contributed by atoms with Crippen molar-refractivity contribution in [3.63, 3.8) is 0 Å². The van der Waals surface area contributed by atoms with E-state index in [1.54, 1.807) is 48.7 Å². The number of amides is 1. The molecule has 1 aromatic heterocycles. The monoisotopic (exact) mass is 462 g/mol. The molecule has 0 unspecified atom stereocenters. The number of ether oxygens (including phenoxy) is 1. The predicted octanol–water partition coefficient (Wildman–Crippen LogP) is 4.09. The van der Waals surface area contributed by atoms with Crippen molar-refractivity contribution in [3.8, 4) is 0 Å². The molecule has 0 atom stereocenters. The van der Waals surface area contributed by atoms with E-state index in [4.69, 9.17) is 20.8 Å². The Morgan fingerprint density at radius 1 is 1.13 bits per heavy atom. The first-order chi connectivity index (χ1) is 14.9. The molecule has 0 saturated heterocycles. The minimum Gasteiger partial charge on any atom is -0.467 e. The molecule has 3 aromatic rings. The first-order valence-electron chi connectivity index (χ1n) is 9.61. The molecule has 2 aromatic carbocycles. The first kappa shape index (κ1) is 22.9. The second kappa shape index (κ2) is 10.5. The molecule has 0 aliphatic carbocycles. The maximum Gasteiger partial charge on any atom is 0.264 e. The highest BCUT2D eigenvalue weighted by atomic mass is 35.5. The summed E-state index contributed by atoms with van der Waals surface area (Å²) in [5.41, 5.74) is 0.689. The summed E-state index contributed by atoms with van der Waals surface area (Å²) < 4.78 is 37.7. The fourth-order valence-electron chi connectivity index (χ4n) is 2.81. The van der Waals surface area contributed by atoms with Crippen LogP contribution in [0.2, 0.25) is 5.02 Å². The average Bonchev–Trinajstić information content (AvgIpc) is 3.29. The summed E-state index contributed by atoms with van der Waals surface area (Å²) in [5, 5.41) is 3.20. The zero-order valence-electron chi connectivity index (χ0n) is 17.0. The summed E-state index contributed by atoms with van der Waals surface area (Å²) in [6.07, 6.45) is 2.20. The minimum atomic E-state index is -3.85. The van der Waals surface area contributed by atoms with Crippen LogP contribution in [0.5, 0.6) is 0 Å². The number of benzene rings is 2.